The van der Waals surface area contributed by atoms with Gasteiger partial charge in [0, 0.05) is 6.42 Å². The fourth-order valence-corrected chi connectivity index (χ4v) is 3.61. The summed E-state index contributed by atoms with van der Waals surface area (Å²) in [6, 6.07) is -4.11. The smallest absolute Gasteiger partial charge is 0.326 e. The number of aliphatic carboxylic acids is 1. The number of thioether (sulfide) groups is 2. The van der Waals surface area contributed by atoms with Crippen LogP contribution in [0.5, 0.6) is 0 Å². The highest BCUT2D eigenvalue weighted by Crippen LogP contribution is 2.07. The van der Waals surface area contributed by atoms with Crippen LogP contribution >= 0.6 is 23.5 Å². The van der Waals surface area contributed by atoms with Crippen molar-refractivity contribution in [3.8, 4) is 0 Å². The van der Waals surface area contributed by atoms with E-state index in [1.54, 1.807) is 13.8 Å². The predicted molar refractivity (Wildman–Crippen MR) is 131 cm³/mol. The van der Waals surface area contributed by atoms with Gasteiger partial charge < -0.3 is 32.5 Å². The molecule has 8 N–H and O–H groups in total. The number of amides is 4. The Morgan fingerprint density at radius 3 is 1.64 bits per heavy atom. The average molecular weight is 508 g/mol. The quantitative estimate of drug-likeness (QED) is 0.147. The molecular formula is C20H37N5O6S2. The second-order valence-electron chi connectivity index (χ2n) is 7.86. The molecule has 0 rings (SSSR count). The van der Waals surface area contributed by atoms with Crippen molar-refractivity contribution < 1.29 is 29.1 Å². The monoisotopic (exact) mass is 507 g/mol. The van der Waals surface area contributed by atoms with Gasteiger partial charge in [-0.05, 0) is 49.2 Å². The van der Waals surface area contributed by atoms with Gasteiger partial charge in [-0.3, -0.25) is 19.2 Å². The van der Waals surface area contributed by atoms with Crippen molar-refractivity contribution in [1.82, 2.24) is 16.0 Å². The number of rotatable bonds is 17. The maximum absolute atomic E-state index is 12.9. The summed E-state index contributed by atoms with van der Waals surface area (Å²) in [6.45, 7) is 3.50. The summed E-state index contributed by atoms with van der Waals surface area (Å²) < 4.78 is 0. The summed E-state index contributed by atoms with van der Waals surface area (Å²) in [5.74, 6) is -2.82. The lowest BCUT2D eigenvalue weighted by atomic mass is 10.0. The molecule has 190 valence electrons. The van der Waals surface area contributed by atoms with E-state index in [0.717, 1.165) is 0 Å². The van der Waals surface area contributed by atoms with Crippen molar-refractivity contribution >= 4 is 53.1 Å². The molecule has 4 atom stereocenters. The van der Waals surface area contributed by atoms with Gasteiger partial charge in [-0.2, -0.15) is 23.5 Å². The first-order valence-electron chi connectivity index (χ1n) is 10.6. The largest absolute Gasteiger partial charge is 0.480 e. The Labute approximate surface area is 203 Å². The molecule has 11 nitrogen and oxygen atoms in total. The minimum atomic E-state index is -1.17. The molecule has 0 heterocycles. The normalized spacial score (nSPS) is 14.6. The molecule has 4 unspecified atom stereocenters. The molecule has 33 heavy (non-hydrogen) atoms. The molecule has 4 amide bonds. The van der Waals surface area contributed by atoms with E-state index in [1.807, 2.05) is 12.5 Å². The first-order valence-corrected chi connectivity index (χ1v) is 13.4. The van der Waals surface area contributed by atoms with Gasteiger partial charge in [-0.15, -0.1) is 0 Å². The highest BCUT2D eigenvalue weighted by molar-refractivity contribution is 7.98. The standard InChI is InChI=1S/C20H37N5O6S2/c1-11(2)16(22)19(29)24-12(5-6-15(21)26)17(27)23-13(7-9-32-3)18(28)25-14(20(30)31)8-10-33-4/h11-14,16H,5-10,22H2,1-4H3,(H2,21,26)(H,23,27)(H,24,29)(H,25,28)(H,30,31). The Hall–Kier alpha value is -1.99. The molecule has 0 aliphatic carbocycles. The van der Waals surface area contributed by atoms with Gasteiger partial charge in [-0.25, -0.2) is 4.79 Å². The SMILES string of the molecule is CSCCC(NC(=O)C(CCSC)NC(=O)C(CCC(N)=O)NC(=O)C(N)C(C)C)C(=O)O. The van der Waals surface area contributed by atoms with Crippen LogP contribution in [0.15, 0.2) is 0 Å². The van der Waals surface area contributed by atoms with Crippen LogP contribution in [0.2, 0.25) is 0 Å². The van der Waals surface area contributed by atoms with Crippen LogP contribution in [-0.4, -0.2) is 82.9 Å². The predicted octanol–water partition coefficient (Wildman–Crippen LogP) is -0.720. The van der Waals surface area contributed by atoms with Crippen LogP contribution in [0.4, 0.5) is 0 Å². The van der Waals surface area contributed by atoms with Crippen molar-refractivity contribution in [2.75, 3.05) is 24.0 Å². The van der Waals surface area contributed by atoms with Crippen LogP contribution in [0.25, 0.3) is 0 Å². The van der Waals surface area contributed by atoms with Gasteiger partial charge >= 0.3 is 5.97 Å². The molecule has 0 aromatic heterocycles. The summed E-state index contributed by atoms with van der Waals surface area (Å²) in [5.41, 5.74) is 11.0. The number of primary amides is 1. The lowest BCUT2D eigenvalue weighted by Gasteiger charge is -2.25. The number of nitrogens with two attached hydrogens (primary N) is 2. The van der Waals surface area contributed by atoms with Crippen molar-refractivity contribution in [2.45, 2.75) is 63.7 Å². The van der Waals surface area contributed by atoms with Crippen LogP contribution in [0, 0.1) is 5.92 Å². The second kappa shape index (κ2) is 16.6. The zero-order valence-electron chi connectivity index (χ0n) is 19.6. The molecule has 0 aliphatic rings. The average Bonchev–Trinajstić information content (AvgIpc) is 2.75. The zero-order chi connectivity index (χ0) is 25.6. The molecule has 0 fully saturated rings. The third-order valence-electron chi connectivity index (χ3n) is 4.80. The van der Waals surface area contributed by atoms with Gasteiger partial charge in [0.15, 0.2) is 0 Å². The van der Waals surface area contributed by atoms with Gasteiger partial charge in [-0.1, -0.05) is 13.8 Å². The lowest BCUT2D eigenvalue weighted by molar-refractivity contribution is -0.142. The number of carbonyl (C=O) groups excluding carboxylic acids is 4. The van der Waals surface area contributed by atoms with E-state index in [1.165, 1.54) is 23.5 Å². The highest BCUT2D eigenvalue weighted by Gasteiger charge is 2.30. The molecule has 0 bridgehead atoms. The van der Waals surface area contributed by atoms with E-state index in [0.29, 0.717) is 11.5 Å². The number of hydrogen-bond donors (Lipinski definition) is 6. The summed E-state index contributed by atoms with van der Waals surface area (Å²) in [7, 11) is 0. The van der Waals surface area contributed by atoms with Crippen molar-refractivity contribution in [2.24, 2.45) is 17.4 Å². The molecular weight excluding hydrogens is 470 g/mol. The molecule has 0 aromatic rings. The van der Waals surface area contributed by atoms with E-state index >= 15 is 0 Å². The fraction of sp³-hybridized carbons (Fsp3) is 0.750. The van der Waals surface area contributed by atoms with Crippen molar-refractivity contribution in [3.63, 3.8) is 0 Å². The van der Waals surface area contributed by atoms with Crippen molar-refractivity contribution in [3.05, 3.63) is 0 Å². The first-order chi connectivity index (χ1) is 15.4. The maximum Gasteiger partial charge on any atom is 0.326 e. The molecule has 0 saturated heterocycles. The van der Waals surface area contributed by atoms with Crippen LogP contribution in [0.3, 0.4) is 0 Å². The minimum absolute atomic E-state index is 0.0694. The molecule has 13 heteroatoms. The third-order valence-corrected chi connectivity index (χ3v) is 6.09. The lowest BCUT2D eigenvalue weighted by Crippen LogP contribution is -2.57. The summed E-state index contributed by atoms with van der Waals surface area (Å²) in [5, 5.41) is 16.9. The summed E-state index contributed by atoms with van der Waals surface area (Å²) in [6.07, 6.45) is 3.91. The van der Waals surface area contributed by atoms with E-state index < -0.39 is 53.8 Å². The van der Waals surface area contributed by atoms with Crippen LogP contribution in [0.1, 0.15) is 39.5 Å². The highest BCUT2D eigenvalue weighted by atomic mass is 32.2. The first kappa shape index (κ1) is 31.0. The maximum atomic E-state index is 12.9. The van der Waals surface area contributed by atoms with E-state index in [-0.39, 0.29) is 31.6 Å². The van der Waals surface area contributed by atoms with Crippen LogP contribution in [-0.2, 0) is 24.0 Å². The molecule has 0 saturated carbocycles. The van der Waals surface area contributed by atoms with E-state index in [4.69, 9.17) is 11.5 Å². The van der Waals surface area contributed by atoms with Gasteiger partial charge in [0.2, 0.25) is 23.6 Å². The number of nitrogens with one attached hydrogen (secondary N) is 3. The topological polar surface area (TPSA) is 194 Å². The van der Waals surface area contributed by atoms with E-state index in [9.17, 15) is 29.1 Å². The Morgan fingerprint density at radius 2 is 1.21 bits per heavy atom. The number of carboxylic acid groups (broad SMARTS) is 1. The number of carbonyl (C=O) groups is 5. The second-order valence-corrected chi connectivity index (χ2v) is 9.83. The summed E-state index contributed by atoms with van der Waals surface area (Å²) >= 11 is 2.91. The van der Waals surface area contributed by atoms with Gasteiger partial charge in [0.05, 0.1) is 6.04 Å². The molecule has 0 aromatic carbocycles. The molecule has 0 radical (unpaired) electrons. The van der Waals surface area contributed by atoms with E-state index in [2.05, 4.69) is 16.0 Å². The molecule has 0 spiro atoms. The Kier molecular flexibility index (Phi) is 15.6. The minimum Gasteiger partial charge on any atom is -0.480 e. The molecule has 0 aliphatic heterocycles. The number of hydrogen-bond acceptors (Lipinski definition) is 8. The van der Waals surface area contributed by atoms with Crippen molar-refractivity contribution in [1.29, 1.82) is 0 Å². The van der Waals surface area contributed by atoms with Gasteiger partial charge in [0.25, 0.3) is 0 Å². The Morgan fingerprint density at radius 1 is 0.788 bits per heavy atom. The van der Waals surface area contributed by atoms with Gasteiger partial charge in [0.1, 0.15) is 18.1 Å². The fourth-order valence-electron chi connectivity index (χ4n) is 2.67. The third kappa shape index (κ3) is 12.7. The van der Waals surface area contributed by atoms with Crippen LogP contribution < -0.4 is 27.4 Å². The Bertz CT molecular complexity index is 679. The zero-order valence-corrected chi connectivity index (χ0v) is 21.2. The number of carboxylic acids is 1. The summed E-state index contributed by atoms with van der Waals surface area (Å²) in [4.78, 5) is 60.8. The Balaban J connectivity index is 5.48.